The average Bonchev–Trinajstić information content (AvgIpc) is 3.72. The van der Waals surface area contributed by atoms with Crippen molar-refractivity contribution in [2.45, 2.75) is 70.8 Å². The number of benzene rings is 3. The molecule has 0 saturated carbocycles. The summed E-state index contributed by atoms with van der Waals surface area (Å²) in [7, 11) is 3.75. The molecule has 2 aliphatic heterocycles. The molecule has 1 spiro atoms. The van der Waals surface area contributed by atoms with Gasteiger partial charge in [0.25, 0.3) is 5.88 Å². The summed E-state index contributed by atoms with van der Waals surface area (Å²) in [4.78, 5) is 44.4. The van der Waals surface area contributed by atoms with Crippen LogP contribution in [0.4, 0.5) is 9.18 Å². The maximum atomic E-state index is 16.6. The monoisotopic (exact) mass is 723 g/mol. The fourth-order valence-electron chi connectivity index (χ4n) is 8.10. The van der Waals surface area contributed by atoms with E-state index in [1.165, 1.54) is 0 Å². The lowest BCUT2D eigenvalue weighted by Gasteiger charge is -2.35. The van der Waals surface area contributed by atoms with E-state index in [0.29, 0.717) is 36.1 Å². The van der Waals surface area contributed by atoms with Gasteiger partial charge >= 0.3 is 6.16 Å². The number of carbonyl (C=O) groups excluding carboxylic acids is 3. The minimum Gasteiger partial charge on any atom is -0.470 e. The number of hydrogen-bond acceptors (Lipinski definition) is 11. The van der Waals surface area contributed by atoms with Crippen LogP contribution < -0.4 is 14.8 Å². The number of ether oxygens (including phenoxy) is 4. The fraction of sp³-hybridized carbons (Fsp3) is 0.415. The molecule has 3 atom stereocenters. The standard InChI is InChI=1S/C39H35FN2O8.C2H7N/c1-38(2,3)49-37(45)47-33-25-14-21(18-42-12-7-13-42)10-11-24(25)31(40)26-16-22-15-23-17-27-30(36(41-50-27)46-19-20-8-5-4-6-9-20)34(44)39(23)35(48-39)28(22)32(43)29(26)33;1-3-2/h4-6,8-11,14,22-23H,7,12-13,15-19H2,1-3H3;3H,1-2H3/t22?,23-,39+;/m0./s1. The molecule has 11 nitrogen and oxygen atoms in total. The first kappa shape index (κ1) is 35.0. The van der Waals surface area contributed by atoms with Crippen molar-refractivity contribution in [3.8, 4) is 11.6 Å². The minimum absolute atomic E-state index is 0.0365. The smallest absolute Gasteiger partial charge is 0.470 e. The number of carbonyl (C=O) groups is 3. The molecule has 2 saturated heterocycles. The van der Waals surface area contributed by atoms with E-state index in [1.54, 1.807) is 32.9 Å². The number of aromatic nitrogens is 1. The molecule has 1 unspecified atom stereocenters. The molecule has 1 N–H and O–H groups in total. The maximum absolute atomic E-state index is 16.6. The molecule has 4 aromatic rings. The maximum Gasteiger partial charge on any atom is 0.514 e. The average molecular weight is 724 g/mol. The van der Waals surface area contributed by atoms with Gasteiger partial charge in [-0.25, -0.2) is 9.18 Å². The summed E-state index contributed by atoms with van der Waals surface area (Å²) in [6.07, 6.45) is 1.03. The molecule has 0 bridgehead atoms. The van der Waals surface area contributed by atoms with E-state index >= 15 is 4.39 Å². The highest BCUT2D eigenvalue weighted by atomic mass is 19.1. The Morgan fingerprint density at radius 1 is 1.04 bits per heavy atom. The molecule has 3 heterocycles. The molecule has 2 fully saturated rings. The molecule has 0 amide bonds. The predicted octanol–water partition coefficient (Wildman–Crippen LogP) is 6.74. The molecule has 53 heavy (non-hydrogen) atoms. The van der Waals surface area contributed by atoms with Crippen LogP contribution >= 0.6 is 0 Å². The second-order valence-corrected chi connectivity index (χ2v) is 15.4. The zero-order valence-electron chi connectivity index (χ0n) is 30.5. The first-order valence-corrected chi connectivity index (χ1v) is 18.1. The van der Waals surface area contributed by atoms with Crippen molar-refractivity contribution in [1.29, 1.82) is 0 Å². The number of nitrogens with zero attached hydrogens (tertiary/aromatic N) is 2. The van der Waals surface area contributed by atoms with Gasteiger partial charge in [0.05, 0.1) is 5.56 Å². The first-order valence-electron chi connectivity index (χ1n) is 18.1. The minimum atomic E-state index is -1.35. The van der Waals surface area contributed by atoms with Crippen LogP contribution in [0.5, 0.6) is 11.6 Å². The Morgan fingerprint density at radius 3 is 2.49 bits per heavy atom. The second-order valence-electron chi connectivity index (χ2n) is 15.4. The van der Waals surface area contributed by atoms with Crippen molar-refractivity contribution in [1.82, 2.24) is 15.4 Å². The van der Waals surface area contributed by atoms with Crippen molar-refractivity contribution in [3.05, 3.63) is 99.3 Å². The molecular formula is C41H42FN3O8. The van der Waals surface area contributed by atoms with Crippen LogP contribution in [0.25, 0.3) is 10.8 Å². The van der Waals surface area contributed by atoms with Gasteiger partial charge in [-0.2, -0.15) is 0 Å². The van der Waals surface area contributed by atoms with Gasteiger partial charge < -0.3 is 28.8 Å². The Balaban J connectivity index is 0.00000129. The van der Waals surface area contributed by atoms with Crippen LogP contribution in [-0.4, -0.2) is 66.2 Å². The van der Waals surface area contributed by atoms with Gasteiger partial charge in [0, 0.05) is 40.8 Å². The van der Waals surface area contributed by atoms with Crippen LogP contribution in [-0.2, 0) is 35.5 Å². The Kier molecular flexibility index (Phi) is 8.65. The molecule has 3 aromatic carbocycles. The molecule has 276 valence electrons. The van der Waals surface area contributed by atoms with Crippen molar-refractivity contribution in [3.63, 3.8) is 0 Å². The lowest BCUT2D eigenvalue weighted by molar-refractivity contribution is 0.0207. The highest BCUT2D eigenvalue weighted by molar-refractivity contribution is 6.19. The summed E-state index contributed by atoms with van der Waals surface area (Å²) in [6.45, 7) is 7.90. The van der Waals surface area contributed by atoms with Gasteiger partial charge in [0.1, 0.15) is 23.6 Å². The van der Waals surface area contributed by atoms with Crippen molar-refractivity contribution in [2.75, 3.05) is 27.2 Å². The van der Waals surface area contributed by atoms with Gasteiger partial charge in [0.2, 0.25) is 11.4 Å². The zero-order chi connectivity index (χ0) is 37.2. The highest BCUT2D eigenvalue weighted by Gasteiger charge is 2.72. The second kappa shape index (κ2) is 13.1. The summed E-state index contributed by atoms with van der Waals surface area (Å²) < 4.78 is 45.7. The zero-order valence-corrected chi connectivity index (χ0v) is 30.5. The number of allylic oxidation sites excluding steroid dienone is 1. The fourth-order valence-corrected chi connectivity index (χ4v) is 8.10. The topological polar surface area (TPSA) is 133 Å². The number of likely N-dealkylation sites (tertiary alicyclic amines) is 1. The number of epoxide rings is 1. The summed E-state index contributed by atoms with van der Waals surface area (Å²) in [5, 5.41) is 7.40. The molecule has 9 rings (SSSR count). The predicted molar refractivity (Wildman–Crippen MR) is 191 cm³/mol. The molecule has 12 heteroatoms. The summed E-state index contributed by atoms with van der Waals surface area (Å²) in [5.74, 6) is -1.41. The van der Waals surface area contributed by atoms with Crippen molar-refractivity contribution >= 4 is 28.5 Å². The Morgan fingerprint density at radius 2 is 1.79 bits per heavy atom. The number of Topliss-reactive ketones (excluding diaryl/α,β-unsaturated/α-hetero) is 2. The van der Waals surface area contributed by atoms with Gasteiger partial charge in [-0.15, -0.1) is 0 Å². The van der Waals surface area contributed by atoms with E-state index in [9.17, 15) is 14.4 Å². The number of fused-ring (bicyclic) bond motifs is 4. The first-order chi connectivity index (χ1) is 25.4. The molecular weight excluding hydrogens is 681 g/mol. The van der Waals surface area contributed by atoms with Crippen molar-refractivity contribution < 1.29 is 42.2 Å². The Hall–Kier alpha value is -5.07. The SMILES string of the molecule is CC(C)(C)OC(=O)Oc1c2c(c(F)c3ccc(CN4CCC4)cc13)CC1C[C@H]3Cc4onc(OCc5ccccc5)c4C(=O)[C@]34OC4=C1C2=O.CNC. The molecule has 1 aromatic heterocycles. The number of ketones is 2. The molecule has 3 aliphatic carbocycles. The number of halogens is 1. The van der Waals surface area contributed by atoms with Crippen LogP contribution in [0.3, 0.4) is 0 Å². The van der Waals surface area contributed by atoms with E-state index in [1.807, 2.05) is 50.5 Å². The van der Waals surface area contributed by atoms with E-state index < -0.39 is 34.9 Å². The normalized spacial score (nSPS) is 22.5. The summed E-state index contributed by atoms with van der Waals surface area (Å²) in [6, 6.07) is 14.9. The van der Waals surface area contributed by atoms with Gasteiger partial charge in [-0.05, 0) is 95.5 Å². The Labute approximate surface area is 306 Å². The van der Waals surface area contributed by atoms with Gasteiger partial charge in [0.15, 0.2) is 23.1 Å². The third-order valence-electron chi connectivity index (χ3n) is 10.5. The number of hydrogen-bond donors (Lipinski definition) is 1. The van der Waals surface area contributed by atoms with E-state index in [4.69, 9.17) is 23.5 Å². The van der Waals surface area contributed by atoms with E-state index in [-0.39, 0.29) is 64.2 Å². The van der Waals surface area contributed by atoms with Crippen LogP contribution in [0.15, 0.2) is 64.4 Å². The van der Waals surface area contributed by atoms with Crippen LogP contribution in [0.1, 0.15) is 76.8 Å². The van der Waals surface area contributed by atoms with Crippen molar-refractivity contribution in [2.24, 2.45) is 11.8 Å². The summed E-state index contributed by atoms with van der Waals surface area (Å²) in [5.41, 5.74) is 0.263. The Bertz CT molecular complexity index is 2180. The number of nitrogens with one attached hydrogen (secondary N) is 1. The van der Waals surface area contributed by atoms with Gasteiger partial charge in [-0.3, -0.25) is 14.5 Å². The number of rotatable bonds is 6. The third kappa shape index (κ3) is 5.97. The molecule has 5 aliphatic rings. The van der Waals surface area contributed by atoms with Gasteiger partial charge in [-0.1, -0.05) is 42.5 Å². The van der Waals surface area contributed by atoms with E-state index in [0.717, 1.165) is 30.6 Å². The molecule has 0 radical (unpaired) electrons. The van der Waals surface area contributed by atoms with Crippen LogP contribution in [0, 0.1) is 17.7 Å². The largest absolute Gasteiger partial charge is 0.514 e. The lowest BCUT2D eigenvalue weighted by Crippen LogP contribution is -2.44. The third-order valence-corrected chi connectivity index (χ3v) is 10.5. The lowest BCUT2D eigenvalue weighted by atomic mass is 9.63. The quantitative estimate of drug-likeness (QED) is 0.129. The highest BCUT2D eigenvalue weighted by Crippen LogP contribution is 2.63. The summed E-state index contributed by atoms with van der Waals surface area (Å²) >= 11 is 0. The van der Waals surface area contributed by atoms with Crippen LogP contribution in [0.2, 0.25) is 0 Å². The van der Waals surface area contributed by atoms with E-state index in [2.05, 4.69) is 15.4 Å².